The lowest BCUT2D eigenvalue weighted by atomic mass is 9.98. The molecule has 0 radical (unpaired) electrons. The molecule has 0 spiro atoms. The maximum atomic E-state index is 11.2. The highest BCUT2D eigenvalue weighted by molar-refractivity contribution is 5.76. The molecule has 110 valence electrons. The molecule has 1 aromatic carbocycles. The Balaban J connectivity index is 2.12. The maximum Gasteiger partial charge on any atom is 0.132 e. The summed E-state index contributed by atoms with van der Waals surface area (Å²) in [5, 5.41) is 13.6. The van der Waals surface area contributed by atoms with Crippen molar-refractivity contribution in [2.24, 2.45) is 0 Å². The van der Waals surface area contributed by atoms with Gasteiger partial charge in [0, 0.05) is 38.1 Å². The number of nitrogens with one attached hydrogen (secondary N) is 1. The van der Waals surface area contributed by atoms with Crippen LogP contribution in [-0.4, -0.2) is 47.6 Å². The molecule has 4 nitrogen and oxygen atoms in total. The third-order valence-corrected chi connectivity index (χ3v) is 4.05. The largest absolute Gasteiger partial charge is 0.391 e. The standard InChI is InChI=1S/C16H24N2O2/c1-12(19)10-16(20)13(2)18-9-8-17-11-15(18)14-6-4-3-5-7-14/h3-7,13,15-17,20H,8-11H2,1-2H3. The van der Waals surface area contributed by atoms with E-state index in [9.17, 15) is 9.90 Å². The van der Waals surface area contributed by atoms with E-state index in [1.165, 1.54) is 12.5 Å². The molecule has 0 amide bonds. The van der Waals surface area contributed by atoms with E-state index >= 15 is 0 Å². The van der Waals surface area contributed by atoms with Crippen molar-refractivity contribution in [2.45, 2.75) is 38.5 Å². The summed E-state index contributed by atoms with van der Waals surface area (Å²) in [6.45, 7) is 6.22. The summed E-state index contributed by atoms with van der Waals surface area (Å²) in [6.07, 6.45) is -0.371. The number of rotatable bonds is 5. The Kier molecular flexibility index (Phi) is 5.29. The monoisotopic (exact) mass is 276 g/mol. The molecule has 1 fully saturated rings. The van der Waals surface area contributed by atoms with Crippen LogP contribution >= 0.6 is 0 Å². The summed E-state index contributed by atoms with van der Waals surface area (Å²) < 4.78 is 0. The highest BCUT2D eigenvalue weighted by atomic mass is 16.3. The number of aliphatic hydroxyl groups is 1. The predicted octanol–water partition coefficient (Wildman–Crippen LogP) is 1.36. The van der Waals surface area contributed by atoms with Crippen LogP contribution < -0.4 is 5.32 Å². The summed E-state index contributed by atoms with van der Waals surface area (Å²) >= 11 is 0. The number of hydrogen-bond acceptors (Lipinski definition) is 4. The Morgan fingerprint density at radius 2 is 2.15 bits per heavy atom. The van der Waals surface area contributed by atoms with E-state index < -0.39 is 6.10 Å². The summed E-state index contributed by atoms with van der Waals surface area (Å²) in [7, 11) is 0. The van der Waals surface area contributed by atoms with Crippen LogP contribution in [0.2, 0.25) is 0 Å². The second-order valence-corrected chi connectivity index (χ2v) is 5.58. The minimum absolute atomic E-state index is 0.0220. The fourth-order valence-electron chi connectivity index (χ4n) is 2.88. The van der Waals surface area contributed by atoms with Crippen LogP contribution in [0, 0.1) is 0 Å². The topological polar surface area (TPSA) is 52.6 Å². The average molecular weight is 276 g/mol. The van der Waals surface area contributed by atoms with Crippen molar-refractivity contribution >= 4 is 5.78 Å². The van der Waals surface area contributed by atoms with Crippen molar-refractivity contribution in [3.05, 3.63) is 35.9 Å². The molecule has 0 aromatic heterocycles. The van der Waals surface area contributed by atoms with Gasteiger partial charge in [-0.2, -0.15) is 0 Å². The van der Waals surface area contributed by atoms with Gasteiger partial charge in [0.25, 0.3) is 0 Å². The van der Waals surface area contributed by atoms with E-state index in [2.05, 4.69) is 22.3 Å². The highest BCUT2D eigenvalue weighted by Crippen LogP contribution is 2.25. The van der Waals surface area contributed by atoms with Gasteiger partial charge in [0.15, 0.2) is 0 Å². The molecule has 0 aliphatic carbocycles. The molecule has 4 heteroatoms. The van der Waals surface area contributed by atoms with Gasteiger partial charge in [-0.3, -0.25) is 9.69 Å². The lowest BCUT2D eigenvalue weighted by Crippen LogP contribution is -2.53. The molecular weight excluding hydrogens is 252 g/mol. The van der Waals surface area contributed by atoms with Crippen LogP contribution in [0.3, 0.4) is 0 Å². The Bertz CT molecular complexity index is 435. The number of hydrogen-bond donors (Lipinski definition) is 2. The van der Waals surface area contributed by atoms with Crippen molar-refractivity contribution in [2.75, 3.05) is 19.6 Å². The van der Waals surface area contributed by atoms with Crippen molar-refractivity contribution < 1.29 is 9.90 Å². The molecule has 0 saturated carbocycles. The van der Waals surface area contributed by atoms with Gasteiger partial charge in [0.1, 0.15) is 5.78 Å². The van der Waals surface area contributed by atoms with Gasteiger partial charge in [-0.15, -0.1) is 0 Å². The molecular formula is C16H24N2O2. The fourth-order valence-corrected chi connectivity index (χ4v) is 2.88. The summed E-state index contributed by atoms with van der Waals surface area (Å²) in [4.78, 5) is 13.5. The van der Waals surface area contributed by atoms with Crippen molar-refractivity contribution in [3.63, 3.8) is 0 Å². The van der Waals surface area contributed by atoms with Gasteiger partial charge in [0.05, 0.1) is 6.10 Å². The second-order valence-electron chi connectivity index (χ2n) is 5.58. The Morgan fingerprint density at radius 1 is 1.45 bits per heavy atom. The van der Waals surface area contributed by atoms with E-state index in [-0.39, 0.29) is 24.3 Å². The Labute approximate surface area is 120 Å². The summed E-state index contributed by atoms with van der Waals surface area (Å²) in [5.41, 5.74) is 1.25. The quantitative estimate of drug-likeness (QED) is 0.852. The molecule has 1 aliphatic rings. The number of aliphatic hydroxyl groups excluding tert-OH is 1. The number of carbonyl (C=O) groups excluding carboxylic acids is 1. The first-order valence-corrected chi connectivity index (χ1v) is 7.28. The molecule has 20 heavy (non-hydrogen) atoms. The first kappa shape index (κ1) is 15.2. The number of Topliss-reactive ketones (excluding diaryl/α,β-unsaturated/α-hetero) is 1. The zero-order valence-electron chi connectivity index (χ0n) is 12.2. The summed E-state index contributed by atoms with van der Waals surface area (Å²) in [6, 6.07) is 10.6. The van der Waals surface area contributed by atoms with Crippen LogP contribution in [0.5, 0.6) is 0 Å². The smallest absolute Gasteiger partial charge is 0.132 e. The van der Waals surface area contributed by atoms with Crippen LogP contribution in [0.4, 0.5) is 0 Å². The first-order chi connectivity index (χ1) is 9.59. The number of benzene rings is 1. The van der Waals surface area contributed by atoms with E-state index in [0.29, 0.717) is 0 Å². The van der Waals surface area contributed by atoms with E-state index in [4.69, 9.17) is 0 Å². The van der Waals surface area contributed by atoms with Gasteiger partial charge in [0.2, 0.25) is 0 Å². The van der Waals surface area contributed by atoms with Gasteiger partial charge in [-0.25, -0.2) is 0 Å². The molecule has 3 atom stereocenters. The molecule has 2 N–H and O–H groups in total. The Hall–Kier alpha value is -1.23. The van der Waals surface area contributed by atoms with Crippen molar-refractivity contribution in [1.29, 1.82) is 0 Å². The number of piperazine rings is 1. The third kappa shape index (κ3) is 3.66. The van der Waals surface area contributed by atoms with Crippen LogP contribution in [-0.2, 0) is 4.79 Å². The molecule has 1 aromatic rings. The van der Waals surface area contributed by atoms with Crippen LogP contribution in [0.1, 0.15) is 31.9 Å². The van der Waals surface area contributed by atoms with Gasteiger partial charge < -0.3 is 10.4 Å². The van der Waals surface area contributed by atoms with Crippen LogP contribution in [0.15, 0.2) is 30.3 Å². The second kappa shape index (κ2) is 6.97. The SMILES string of the molecule is CC(=O)CC(O)C(C)N1CCNCC1c1ccccc1. The number of ketones is 1. The summed E-state index contributed by atoms with van der Waals surface area (Å²) in [5.74, 6) is 0.0377. The lowest BCUT2D eigenvalue weighted by Gasteiger charge is -2.42. The maximum absolute atomic E-state index is 11.2. The molecule has 3 unspecified atom stereocenters. The van der Waals surface area contributed by atoms with Gasteiger partial charge >= 0.3 is 0 Å². The fraction of sp³-hybridized carbons (Fsp3) is 0.562. The Morgan fingerprint density at radius 3 is 2.80 bits per heavy atom. The molecule has 1 aliphatic heterocycles. The highest BCUT2D eigenvalue weighted by Gasteiger charge is 2.31. The van der Waals surface area contributed by atoms with Crippen LogP contribution in [0.25, 0.3) is 0 Å². The predicted molar refractivity (Wildman–Crippen MR) is 79.5 cm³/mol. The van der Waals surface area contributed by atoms with Crippen molar-refractivity contribution in [1.82, 2.24) is 10.2 Å². The molecule has 0 bridgehead atoms. The van der Waals surface area contributed by atoms with Gasteiger partial charge in [-0.05, 0) is 19.4 Å². The normalized spacial score (nSPS) is 23.2. The third-order valence-electron chi connectivity index (χ3n) is 4.05. The zero-order valence-corrected chi connectivity index (χ0v) is 12.2. The number of carbonyl (C=O) groups is 1. The molecule has 2 rings (SSSR count). The first-order valence-electron chi connectivity index (χ1n) is 7.28. The minimum atomic E-state index is -0.600. The van der Waals surface area contributed by atoms with Crippen molar-refractivity contribution in [3.8, 4) is 0 Å². The number of nitrogens with zero attached hydrogens (tertiary/aromatic N) is 1. The molecule has 1 saturated heterocycles. The minimum Gasteiger partial charge on any atom is -0.391 e. The average Bonchev–Trinajstić information content (AvgIpc) is 2.46. The molecule has 1 heterocycles. The van der Waals surface area contributed by atoms with E-state index in [0.717, 1.165) is 19.6 Å². The lowest BCUT2D eigenvalue weighted by molar-refractivity contribution is -0.120. The van der Waals surface area contributed by atoms with Gasteiger partial charge in [-0.1, -0.05) is 30.3 Å². The van der Waals surface area contributed by atoms with E-state index in [1.54, 1.807) is 0 Å². The van der Waals surface area contributed by atoms with E-state index in [1.807, 2.05) is 25.1 Å². The zero-order chi connectivity index (χ0) is 14.5.